The summed E-state index contributed by atoms with van der Waals surface area (Å²) in [5.74, 6) is 0.935. The van der Waals surface area contributed by atoms with Crippen molar-refractivity contribution in [1.82, 2.24) is 4.98 Å². The van der Waals surface area contributed by atoms with Gasteiger partial charge in [0.15, 0.2) is 0 Å². The Hall–Kier alpha value is -1.83. The van der Waals surface area contributed by atoms with E-state index in [4.69, 9.17) is 0 Å². The average Bonchev–Trinajstić information content (AvgIpc) is 2.29. The molecule has 17 heavy (non-hydrogen) atoms. The molecule has 0 atom stereocenters. The number of anilines is 1. The number of aromatic nitrogens is 1. The maximum atomic E-state index is 4.61. The highest BCUT2D eigenvalue weighted by molar-refractivity contribution is 5.65. The van der Waals surface area contributed by atoms with Gasteiger partial charge in [0.05, 0.1) is 5.69 Å². The monoisotopic (exact) mass is 226 g/mol. The van der Waals surface area contributed by atoms with Crippen molar-refractivity contribution >= 4 is 5.82 Å². The van der Waals surface area contributed by atoms with Crippen LogP contribution in [0.3, 0.4) is 0 Å². The van der Waals surface area contributed by atoms with E-state index in [1.807, 2.05) is 12.1 Å². The third-order valence-corrected chi connectivity index (χ3v) is 2.76. The normalized spacial score (nSPS) is 10.3. The summed E-state index contributed by atoms with van der Waals surface area (Å²) < 4.78 is 0. The van der Waals surface area contributed by atoms with E-state index in [1.165, 1.54) is 16.7 Å². The van der Waals surface area contributed by atoms with Crippen LogP contribution in [0.1, 0.15) is 18.1 Å². The lowest BCUT2D eigenvalue weighted by molar-refractivity contribution is 1.16. The van der Waals surface area contributed by atoms with Gasteiger partial charge < -0.3 is 5.32 Å². The Labute approximate surface area is 103 Å². The maximum absolute atomic E-state index is 4.61. The van der Waals surface area contributed by atoms with Crippen molar-refractivity contribution in [2.45, 2.75) is 20.8 Å². The largest absolute Gasteiger partial charge is 0.370 e. The summed E-state index contributed by atoms with van der Waals surface area (Å²) in [6.07, 6.45) is 0. The Morgan fingerprint density at radius 1 is 1.12 bits per heavy atom. The molecule has 1 N–H and O–H groups in total. The zero-order chi connectivity index (χ0) is 12.3. The Balaban J connectivity index is 2.42. The molecule has 0 saturated heterocycles. The summed E-state index contributed by atoms with van der Waals surface area (Å²) in [6.45, 7) is 7.21. The minimum absolute atomic E-state index is 0.892. The average molecular weight is 226 g/mol. The number of nitrogens with zero attached hydrogens (tertiary/aromatic N) is 1. The van der Waals surface area contributed by atoms with Crippen LogP contribution in [0.25, 0.3) is 11.3 Å². The second-order valence-corrected chi connectivity index (χ2v) is 4.26. The molecule has 0 radical (unpaired) electrons. The molecule has 0 aliphatic rings. The van der Waals surface area contributed by atoms with Gasteiger partial charge in [-0.25, -0.2) is 4.98 Å². The second kappa shape index (κ2) is 5.00. The first-order chi connectivity index (χ1) is 8.20. The van der Waals surface area contributed by atoms with E-state index >= 15 is 0 Å². The van der Waals surface area contributed by atoms with Crippen molar-refractivity contribution in [3.8, 4) is 11.3 Å². The summed E-state index contributed by atoms with van der Waals surface area (Å²) >= 11 is 0. The summed E-state index contributed by atoms with van der Waals surface area (Å²) in [6, 6.07) is 12.6. The van der Waals surface area contributed by atoms with Gasteiger partial charge in [-0.05, 0) is 38.5 Å². The first-order valence-corrected chi connectivity index (χ1v) is 5.99. The van der Waals surface area contributed by atoms with Crippen molar-refractivity contribution in [1.29, 1.82) is 0 Å². The molecular weight excluding hydrogens is 208 g/mol. The highest BCUT2D eigenvalue weighted by Crippen LogP contribution is 2.23. The molecule has 2 nitrogen and oxygen atoms in total. The van der Waals surface area contributed by atoms with Crippen molar-refractivity contribution in [3.05, 3.63) is 47.5 Å². The number of hydrogen-bond donors (Lipinski definition) is 1. The van der Waals surface area contributed by atoms with Gasteiger partial charge in [0.1, 0.15) is 5.82 Å². The highest BCUT2D eigenvalue weighted by atomic mass is 15.0. The summed E-state index contributed by atoms with van der Waals surface area (Å²) in [7, 11) is 0. The van der Waals surface area contributed by atoms with Crippen LogP contribution in [0, 0.1) is 13.8 Å². The van der Waals surface area contributed by atoms with Crippen LogP contribution in [0.5, 0.6) is 0 Å². The van der Waals surface area contributed by atoms with Crippen molar-refractivity contribution in [2.24, 2.45) is 0 Å². The van der Waals surface area contributed by atoms with Crippen LogP contribution in [0.4, 0.5) is 5.82 Å². The molecule has 2 aromatic rings. The maximum Gasteiger partial charge on any atom is 0.126 e. The van der Waals surface area contributed by atoms with Gasteiger partial charge >= 0.3 is 0 Å². The summed E-state index contributed by atoms with van der Waals surface area (Å²) in [4.78, 5) is 4.61. The molecule has 0 amide bonds. The Morgan fingerprint density at radius 2 is 1.94 bits per heavy atom. The fourth-order valence-corrected chi connectivity index (χ4v) is 1.97. The van der Waals surface area contributed by atoms with Crippen molar-refractivity contribution < 1.29 is 0 Å². The van der Waals surface area contributed by atoms with E-state index in [0.717, 1.165) is 18.1 Å². The fourth-order valence-electron chi connectivity index (χ4n) is 1.97. The minimum atomic E-state index is 0.892. The van der Waals surface area contributed by atoms with Gasteiger partial charge in [-0.15, -0.1) is 0 Å². The first-order valence-electron chi connectivity index (χ1n) is 5.99. The Kier molecular flexibility index (Phi) is 3.43. The minimum Gasteiger partial charge on any atom is -0.370 e. The van der Waals surface area contributed by atoms with Crippen LogP contribution >= 0.6 is 0 Å². The van der Waals surface area contributed by atoms with Crippen LogP contribution < -0.4 is 5.32 Å². The number of aryl methyl sites for hydroxylation is 2. The lowest BCUT2D eigenvalue weighted by Gasteiger charge is -2.08. The molecule has 1 heterocycles. The van der Waals surface area contributed by atoms with Crippen LogP contribution in [0.2, 0.25) is 0 Å². The standard InChI is InChI=1S/C15H18N2/c1-4-16-15-7-5-6-14(17-15)13-9-8-11(2)10-12(13)3/h5-10H,4H2,1-3H3,(H,16,17). The smallest absolute Gasteiger partial charge is 0.126 e. The molecule has 0 unspecified atom stereocenters. The number of benzene rings is 1. The van der Waals surface area contributed by atoms with E-state index in [0.29, 0.717) is 0 Å². The molecule has 1 aromatic carbocycles. The summed E-state index contributed by atoms with van der Waals surface area (Å²) in [5, 5.41) is 3.24. The fraction of sp³-hybridized carbons (Fsp3) is 0.267. The molecule has 0 aliphatic heterocycles. The molecule has 0 fully saturated rings. The molecular formula is C15H18N2. The van der Waals surface area contributed by atoms with Gasteiger partial charge in [-0.3, -0.25) is 0 Å². The molecule has 2 heteroatoms. The van der Waals surface area contributed by atoms with E-state index in [-0.39, 0.29) is 0 Å². The molecule has 0 aliphatic carbocycles. The lowest BCUT2D eigenvalue weighted by Crippen LogP contribution is -1.99. The van der Waals surface area contributed by atoms with Gasteiger partial charge in [0.25, 0.3) is 0 Å². The number of rotatable bonds is 3. The van der Waals surface area contributed by atoms with Gasteiger partial charge in [-0.2, -0.15) is 0 Å². The molecule has 88 valence electrons. The van der Waals surface area contributed by atoms with Crippen LogP contribution in [-0.4, -0.2) is 11.5 Å². The molecule has 0 bridgehead atoms. The lowest BCUT2D eigenvalue weighted by atomic mass is 10.0. The van der Waals surface area contributed by atoms with E-state index in [9.17, 15) is 0 Å². The van der Waals surface area contributed by atoms with E-state index in [1.54, 1.807) is 0 Å². The zero-order valence-electron chi connectivity index (χ0n) is 10.6. The SMILES string of the molecule is CCNc1cccc(-c2ccc(C)cc2C)n1. The number of nitrogens with one attached hydrogen (secondary N) is 1. The molecule has 0 spiro atoms. The Morgan fingerprint density at radius 3 is 2.65 bits per heavy atom. The predicted octanol–water partition coefficient (Wildman–Crippen LogP) is 3.80. The third-order valence-electron chi connectivity index (χ3n) is 2.76. The molecule has 2 rings (SSSR count). The second-order valence-electron chi connectivity index (χ2n) is 4.26. The predicted molar refractivity (Wildman–Crippen MR) is 73.3 cm³/mol. The highest BCUT2D eigenvalue weighted by Gasteiger charge is 2.04. The quantitative estimate of drug-likeness (QED) is 0.861. The van der Waals surface area contributed by atoms with Crippen molar-refractivity contribution in [3.63, 3.8) is 0 Å². The van der Waals surface area contributed by atoms with Crippen molar-refractivity contribution in [2.75, 3.05) is 11.9 Å². The van der Waals surface area contributed by atoms with E-state index in [2.05, 4.69) is 55.3 Å². The van der Waals surface area contributed by atoms with Gasteiger partial charge in [0, 0.05) is 12.1 Å². The van der Waals surface area contributed by atoms with Crippen LogP contribution in [-0.2, 0) is 0 Å². The number of pyridine rings is 1. The first kappa shape index (κ1) is 11.6. The zero-order valence-corrected chi connectivity index (χ0v) is 10.6. The van der Waals surface area contributed by atoms with Gasteiger partial charge in [-0.1, -0.05) is 29.8 Å². The molecule has 1 aromatic heterocycles. The third kappa shape index (κ3) is 2.64. The molecule has 0 saturated carbocycles. The number of hydrogen-bond acceptors (Lipinski definition) is 2. The van der Waals surface area contributed by atoms with E-state index < -0.39 is 0 Å². The van der Waals surface area contributed by atoms with Crippen LogP contribution in [0.15, 0.2) is 36.4 Å². The summed E-state index contributed by atoms with van der Waals surface area (Å²) in [5.41, 5.74) is 4.79. The van der Waals surface area contributed by atoms with Gasteiger partial charge in [0.2, 0.25) is 0 Å². The topological polar surface area (TPSA) is 24.9 Å². The Bertz CT molecular complexity index is 518.